The van der Waals surface area contributed by atoms with Crippen molar-refractivity contribution >= 4 is 0 Å². The van der Waals surface area contributed by atoms with Gasteiger partial charge in [0.05, 0.1) is 0 Å². The van der Waals surface area contributed by atoms with E-state index in [9.17, 15) is 0 Å². The van der Waals surface area contributed by atoms with Gasteiger partial charge in [0.25, 0.3) is 0 Å². The van der Waals surface area contributed by atoms with Gasteiger partial charge < -0.3 is 5.32 Å². The molecule has 2 heteroatoms. The first kappa shape index (κ1) is 16.0. The van der Waals surface area contributed by atoms with Gasteiger partial charge in [-0.25, -0.2) is 0 Å². The molecule has 0 heterocycles. The minimum atomic E-state index is 0.703. The summed E-state index contributed by atoms with van der Waals surface area (Å²) in [6, 6.07) is 2.15. The number of nitrogens with zero attached hydrogens (tertiary/aromatic N) is 1. The van der Waals surface area contributed by atoms with E-state index in [2.05, 4.69) is 45.0 Å². The van der Waals surface area contributed by atoms with Gasteiger partial charge in [-0.2, -0.15) is 0 Å². The van der Waals surface area contributed by atoms with Gasteiger partial charge in [0.15, 0.2) is 0 Å². The molecule has 1 fully saturated rings. The van der Waals surface area contributed by atoms with Gasteiger partial charge in [0, 0.05) is 18.1 Å². The highest BCUT2D eigenvalue weighted by atomic mass is 15.2. The Labute approximate surface area is 115 Å². The lowest BCUT2D eigenvalue weighted by Gasteiger charge is -2.38. The van der Waals surface area contributed by atoms with Crippen molar-refractivity contribution in [2.45, 2.75) is 84.3 Å². The Morgan fingerprint density at radius 3 is 2.39 bits per heavy atom. The van der Waals surface area contributed by atoms with Crippen molar-refractivity contribution in [1.82, 2.24) is 10.2 Å². The highest BCUT2D eigenvalue weighted by molar-refractivity contribution is 4.87. The van der Waals surface area contributed by atoms with Crippen LogP contribution in [-0.4, -0.2) is 36.6 Å². The molecule has 1 rings (SSSR count). The van der Waals surface area contributed by atoms with Crippen molar-refractivity contribution in [1.29, 1.82) is 0 Å². The van der Waals surface area contributed by atoms with Crippen molar-refractivity contribution in [2.24, 2.45) is 5.92 Å². The Bertz CT molecular complexity index is 215. The van der Waals surface area contributed by atoms with Crippen LogP contribution in [0.4, 0.5) is 0 Å². The number of hydrogen-bond acceptors (Lipinski definition) is 2. The fourth-order valence-corrected chi connectivity index (χ4v) is 3.45. The zero-order chi connectivity index (χ0) is 13.5. The second-order valence-electron chi connectivity index (χ2n) is 6.51. The van der Waals surface area contributed by atoms with E-state index in [4.69, 9.17) is 0 Å². The average molecular weight is 254 g/mol. The summed E-state index contributed by atoms with van der Waals surface area (Å²) in [7, 11) is 2.34. The lowest BCUT2D eigenvalue weighted by molar-refractivity contribution is 0.126. The van der Waals surface area contributed by atoms with E-state index in [1.165, 1.54) is 38.5 Å². The van der Waals surface area contributed by atoms with Crippen molar-refractivity contribution in [3.8, 4) is 0 Å². The van der Waals surface area contributed by atoms with Crippen LogP contribution in [0.2, 0.25) is 0 Å². The van der Waals surface area contributed by atoms with Crippen molar-refractivity contribution in [3.05, 3.63) is 0 Å². The molecule has 0 aromatic carbocycles. The summed E-state index contributed by atoms with van der Waals surface area (Å²) in [6.45, 7) is 10.4. The second kappa shape index (κ2) is 8.16. The molecular weight excluding hydrogens is 220 g/mol. The fourth-order valence-electron chi connectivity index (χ4n) is 3.45. The Hall–Kier alpha value is -0.0800. The summed E-state index contributed by atoms with van der Waals surface area (Å²) in [4.78, 5) is 2.65. The van der Waals surface area contributed by atoms with E-state index in [0.29, 0.717) is 12.1 Å². The second-order valence-corrected chi connectivity index (χ2v) is 6.51. The van der Waals surface area contributed by atoms with Crippen LogP contribution in [0.1, 0.15) is 66.2 Å². The summed E-state index contributed by atoms with van der Waals surface area (Å²) >= 11 is 0. The number of nitrogens with one attached hydrogen (secondary N) is 1. The minimum absolute atomic E-state index is 0.703. The normalized spacial score (nSPS) is 27.5. The molecule has 1 aliphatic carbocycles. The van der Waals surface area contributed by atoms with E-state index in [0.717, 1.165) is 18.5 Å². The zero-order valence-corrected chi connectivity index (χ0v) is 13.2. The van der Waals surface area contributed by atoms with Crippen molar-refractivity contribution < 1.29 is 0 Å². The van der Waals surface area contributed by atoms with Crippen LogP contribution < -0.4 is 5.32 Å². The Morgan fingerprint density at radius 1 is 1.11 bits per heavy atom. The molecule has 0 radical (unpaired) electrons. The fraction of sp³-hybridized carbons (Fsp3) is 1.00. The van der Waals surface area contributed by atoms with Crippen LogP contribution in [0, 0.1) is 5.92 Å². The predicted molar refractivity (Wildman–Crippen MR) is 81.0 cm³/mol. The van der Waals surface area contributed by atoms with Crippen LogP contribution in [-0.2, 0) is 0 Å². The van der Waals surface area contributed by atoms with E-state index >= 15 is 0 Å². The highest BCUT2D eigenvalue weighted by Gasteiger charge is 2.28. The Kier molecular flexibility index (Phi) is 7.25. The zero-order valence-electron chi connectivity index (χ0n) is 13.2. The van der Waals surface area contributed by atoms with Gasteiger partial charge in [0.1, 0.15) is 0 Å². The largest absolute Gasteiger partial charge is 0.313 e. The quantitative estimate of drug-likeness (QED) is 0.728. The standard InChI is InChI=1S/C16H34N2/c1-6-17-15-10-8-7-9-11-16(15)18(5)14(4)12-13(2)3/h13-17H,6-12H2,1-5H3. The summed E-state index contributed by atoms with van der Waals surface area (Å²) in [5, 5.41) is 3.72. The van der Waals surface area contributed by atoms with E-state index in [1.54, 1.807) is 0 Å². The van der Waals surface area contributed by atoms with Crippen LogP contribution in [0.3, 0.4) is 0 Å². The third kappa shape index (κ3) is 4.89. The molecule has 2 nitrogen and oxygen atoms in total. The first-order valence-electron chi connectivity index (χ1n) is 8.01. The molecule has 0 bridgehead atoms. The van der Waals surface area contributed by atoms with Crippen LogP contribution in [0.15, 0.2) is 0 Å². The molecule has 1 saturated carbocycles. The highest BCUT2D eigenvalue weighted by Crippen LogP contribution is 2.24. The number of rotatable bonds is 6. The molecule has 0 saturated heterocycles. The SMILES string of the molecule is CCNC1CCCCCC1N(C)C(C)CC(C)C. The maximum atomic E-state index is 3.72. The maximum absolute atomic E-state index is 3.72. The van der Waals surface area contributed by atoms with Crippen molar-refractivity contribution in [3.63, 3.8) is 0 Å². The molecule has 3 atom stereocenters. The lowest BCUT2D eigenvalue weighted by Crippen LogP contribution is -2.51. The van der Waals surface area contributed by atoms with Gasteiger partial charge in [-0.1, -0.05) is 40.0 Å². The molecule has 0 aromatic heterocycles. The molecule has 0 spiro atoms. The third-order valence-electron chi connectivity index (χ3n) is 4.48. The maximum Gasteiger partial charge on any atom is 0.0249 e. The summed E-state index contributed by atoms with van der Waals surface area (Å²) in [6.07, 6.45) is 8.27. The number of likely N-dealkylation sites (N-methyl/N-ethyl adjacent to an activating group) is 2. The minimum Gasteiger partial charge on any atom is -0.313 e. The van der Waals surface area contributed by atoms with Gasteiger partial charge in [-0.05, 0) is 45.7 Å². The molecule has 18 heavy (non-hydrogen) atoms. The van der Waals surface area contributed by atoms with Crippen LogP contribution >= 0.6 is 0 Å². The average Bonchev–Trinajstić information content (AvgIpc) is 2.53. The van der Waals surface area contributed by atoms with Crippen LogP contribution in [0.25, 0.3) is 0 Å². The molecule has 1 N–H and O–H groups in total. The molecular formula is C16H34N2. The smallest absolute Gasteiger partial charge is 0.0249 e. The summed E-state index contributed by atoms with van der Waals surface area (Å²) in [5.74, 6) is 0.797. The topological polar surface area (TPSA) is 15.3 Å². The van der Waals surface area contributed by atoms with Gasteiger partial charge in [-0.15, -0.1) is 0 Å². The number of hydrogen-bond donors (Lipinski definition) is 1. The first-order chi connectivity index (χ1) is 8.56. The monoisotopic (exact) mass is 254 g/mol. The Morgan fingerprint density at radius 2 is 1.78 bits per heavy atom. The van der Waals surface area contributed by atoms with Gasteiger partial charge >= 0.3 is 0 Å². The van der Waals surface area contributed by atoms with Crippen LogP contribution in [0.5, 0.6) is 0 Å². The van der Waals surface area contributed by atoms with E-state index in [-0.39, 0.29) is 0 Å². The Balaban J connectivity index is 2.61. The lowest BCUT2D eigenvalue weighted by atomic mass is 9.97. The molecule has 0 aromatic rings. The third-order valence-corrected chi connectivity index (χ3v) is 4.48. The van der Waals surface area contributed by atoms with Gasteiger partial charge in [0.2, 0.25) is 0 Å². The van der Waals surface area contributed by atoms with E-state index in [1.807, 2.05) is 0 Å². The summed E-state index contributed by atoms with van der Waals surface area (Å²) in [5.41, 5.74) is 0. The predicted octanol–water partition coefficient (Wildman–Crippen LogP) is 3.66. The molecule has 0 amide bonds. The first-order valence-corrected chi connectivity index (χ1v) is 8.01. The molecule has 3 unspecified atom stereocenters. The molecule has 1 aliphatic rings. The molecule has 0 aliphatic heterocycles. The van der Waals surface area contributed by atoms with Gasteiger partial charge in [-0.3, -0.25) is 4.90 Å². The molecule has 108 valence electrons. The summed E-state index contributed by atoms with van der Waals surface area (Å²) < 4.78 is 0. The van der Waals surface area contributed by atoms with Crippen molar-refractivity contribution in [2.75, 3.05) is 13.6 Å². The van der Waals surface area contributed by atoms with E-state index < -0.39 is 0 Å².